The number of morpholine rings is 1. The highest BCUT2D eigenvalue weighted by atomic mass is 32.2. The molecule has 0 unspecified atom stereocenters. The third-order valence-corrected chi connectivity index (χ3v) is 5.09. The first-order valence-electron chi connectivity index (χ1n) is 8.70. The van der Waals surface area contributed by atoms with Gasteiger partial charge in [-0.05, 0) is 30.5 Å². The number of fused-ring (bicyclic) bond motifs is 1. The van der Waals surface area contributed by atoms with Crippen molar-refractivity contribution in [1.29, 1.82) is 0 Å². The Hall–Kier alpha value is -2.58. The third-order valence-electron chi connectivity index (χ3n) is 4.50. The quantitative estimate of drug-likeness (QED) is 0.699. The minimum atomic E-state index is -0.972. The Bertz CT molecular complexity index is 982. The monoisotopic (exact) mass is 384 g/mol. The van der Waals surface area contributed by atoms with Crippen LogP contribution in [0, 0.1) is 0 Å². The number of aromatic carboxylic acids is 1. The average molecular weight is 384 g/mol. The molecule has 0 bridgehead atoms. The van der Waals surface area contributed by atoms with E-state index in [-0.39, 0.29) is 5.69 Å². The van der Waals surface area contributed by atoms with Crippen LogP contribution >= 0.6 is 11.8 Å². The van der Waals surface area contributed by atoms with Crippen LogP contribution in [-0.4, -0.2) is 58.6 Å². The molecule has 2 aromatic heterocycles. The molecule has 1 aliphatic heterocycles. The van der Waals surface area contributed by atoms with Crippen molar-refractivity contribution in [2.45, 2.75) is 5.75 Å². The second kappa shape index (κ2) is 7.58. The van der Waals surface area contributed by atoms with Crippen molar-refractivity contribution < 1.29 is 14.6 Å². The van der Waals surface area contributed by atoms with Crippen molar-refractivity contribution in [2.24, 2.45) is 0 Å². The fourth-order valence-corrected chi connectivity index (χ4v) is 3.62. The lowest BCUT2D eigenvalue weighted by Crippen LogP contribution is -2.37. The summed E-state index contributed by atoms with van der Waals surface area (Å²) in [6, 6.07) is 9.40. The molecule has 0 amide bonds. The van der Waals surface area contributed by atoms with E-state index in [2.05, 4.69) is 16.1 Å². The number of nitrogens with one attached hydrogen (secondary N) is 1. The van der Waals surface area contributed by atoms with Gasteiger partial charge in [0.1, 0.15) is 11.5 Å². The molecule has 4 rings (SSSR count). The predicted octanol–water partition coefficient (Wildman–Crippen LogP) is 3.02. The molecule has 1 fully saturated rings. The van der Waals surface area contributed by atoms with Crippen LogP contribution in [0.5, 0.6) is 0 Å². The number of ether oxygens (including phenoxy) is 1. The van der Waals surface area contributed by atoms with Gasteiger partial charge in [-0.3, -0.25) is 0 Å². The number of carboxylic acid groups (broad SMARTS) is 1. The molecule has 1 aromatic carbocycles. The molecule has 1 saturated heterocycles. The van der Waals surface area contributed by atoms with Gasteiger partial charge in [0.05, 0.1) is 18.9 Å². The molecule has 140 valence electrons. The van der Waals surface area contributed by atoms with Crippen LogP contribution in [0.15, 0.2) is 30.3 Å². The lowest BCUT2D eigenvalue weighted by atomic mass is 10.1. The van der Waals surface area contributed by atoms with Crippen LogP contribution in [0.25, 0.3) is 22.3 Å². The fourth-order valence-electron chi connectivity index (χ4n) is 3.18. The van der Waals surface area contributed by atoms with Gasteiger partial charge < -0.3 is 19.7 Å². The third kappa shape index (κ3) is 3.77. The van der Waals surface area contributed by atoms with Gasteiger partial charge >= 0.3 is 5.97 Å². The van der Waals surface area contributed by atoms with Crippen LogP contribution in [0.1, 0.15) is 16.2 Å². The summed E-state index contributed by atoms with van der Waals surface area (Å²) in [5, 5.41) is 10.0. The summed E-state index contributed by atoms with van der Waals surface area (Å²) in [5.41, 5.74) is 2.81. The summed E-state index contributed by atoms with van der Waals surface area (Å²) in [4.78, 5) is 25.8. The van der Waals surface area contributed by atoms with Crippen LogP contribution in [0.4, 0.5) is 5.82 Å². The van der Waals surface area contributed by atoms with E-state index >= 15 is 0 Å². The summed E-state index contributed by atoms with van der Waals surface area (Å²) >= 11 is 1.72. The van der Waals surface area contributed by atoms with Gasteiger partial charge in [-0.15, -0.1) is 0 Å². The van der Waals surface area contributed by atoms with E-state index in [0.29, 0.717) is 19.0 Å². The van der Waals surface area contributed by atoms with Gasteiger partial charge in [-0.1, -0.05) is 0 Å². The van der Waals surface area contributed by atoms with Gasteiger partial charge in [0.2, 0.25) is 0 Å². The normalized spacial score (nSPS) is 14.6. The van der Waals surface area contributed by atoms with Gasteiger partial charge in [0, 0.05) is 41.4 Å². The summed E-state index contributed by atoms with van der Waals surface area (Å²) in [7, 11) is 0. The van der Waals surface area contributed by atoms with E-state index in [4.69, 9.17) is 14.7 Å². The molecule has 1 aliphatic rings. The molecule has 0 spiro atoms. The minimum absolute atomic E-state index is 0.174. The van der Waals surface area contributed by atoms with Crippen molar-refractivity contribution in [3.63, 3.8) is 0 Å². The van der Waals surface area contributed by atoms with Crippen LogP contribution in [0.3, 0.4) is 0 Å². The Labute approximate surface area is 160 Å². The number of carboxylic acids is 1. The maximum absolute atomic E-state index is 11.2. The molecule has 7 nitrogen and oxygen atoms in total. The Balaban J connectivity index is 1.75. The summed E-state index contributed by atoms with van der Waals surface area (Å²) in [6.45, 7) is 3.02. The van der Waals surface area contributed by atoms with Crippen molar-refractivity contribution >= 4 is 34.5 Å². The average Bonchev–Trinajstić information content (AvgIpc) is 3.12. The number of aromatic amines is 1. The number of anilines is 1. The first kappa shape index (κ1) is 17.8. The zero-order valence-electron chi connectivity index (χ0n) is 14.9. The number of H-pyrrole nitrogens is 1. The van der Waals surface area contributed by atoms with E-state index in [1.807, 2.05) is 24.3 Å². The van der Waals surface area contributed by atoms with E-state index < -0.39 is 5.97 Å². The molecule has 3 heterocycles. The standard InChI is InChI=1S/C19H20N4O3S/c1-27-11-14-10-17(23-4-6-26-7-5-23)22-18(20-14)12-2-3-15-13(8-12)9-16(21-15)19(24)25/h2-3,8-10,21H,4-7,11H2,1H3,(H,24,25). The molecule has 0 aliphatic carbocycles. The predicted molar refractivity (Wildman–Crippen MR) is 107 cm³/mol. The first-order chi connectivity index (χ1) is 13.1. The first-order valence-corrected chi connectivity index (χ1v) is 10.1. The second-order valence-corrected chi connectivity index (χ2v) is 7.23. The largest absolute Gasteiger partial charge is 0.477 e. The highest BCUT2D eigenvalue weighted by molar-refractivity contribution is 7.97. The molecule has 3 aromatic rings. The minimum Gasteiger partial charge on any atom is -0.477 e. The fraction of sp³-hybridized carbons (Fsp3) is 0.316. The number of hydrogen-bond acceptors (Lipinski definition) is 6. The number of rotatable bonds is 5. The van der Waals surface area contributed by atoms with Crippen LogP contribution in [-0.2, 0) is 10.5 Å². The van der Waals surface area contributed by atoms with Crippen LogP contribution in [0.2, 0.25) is 0 Å². The van der Waals surface area contributed by atoms with Crippen molar-refractivity contribution in [3.05, 3.63) is 41.7 Å². The van der Waals surface area contributed by atoms with Gasteiger partial charge in [0.25, 0.3) is 0 Å². The molecule has 0 radical (unpaired) electrons. The van der Waals surface area contributed by atoms with E-state index in [9.17, 15) is 9.90 Å². The Morgan fingerprint density at radius 3 is 2.81 bits per heavy atom. The molecule has 27 heavy (non-hydrogen) atoms. The zero-order chi connectivity index (χ0) is 18.8. The van der Waals surface area contributed by atoms with Gasteiger partial charge in [-0.25, -0.2) is 14.8 Å². The van der Waals surface area contributed by atoms with Crippen molar-refractivity contribution in [2.75, 3.05) is 37.5 Å². The number of nitrogens with zero attached hydrogens (tertiary/aromatic N) is 3. The number of hydrogen-bond donors (Lipinski definition) is 2. The SMILES string of the molecule is CSCc1cc(N2CCOCC2)nc(-c2ccc3[nH]c(C(=O)O)cc3c2)n1. The Morgan fingerprint density at radius 1 is 1.26 bits per heavy atom. The maximum Gasteiger partial charge on any atom is 0.352 e. The zero-order valence-corrected chi connectivity index (χ0v) is 15.8. The summed E-state index contributed by atoms with van der Waals surface area (Å²) in [6.07, 6.45) is 2.05. The molecular weight excluding hydrogens is 364 g/mol. The Morgan fingerprint density at radius 2 is 2.07 bits per heavy atom. The molecular formula is C19H20N4O3S. The maximum atomic E-state index is 11.2. The van der Waals surface area contributed by atoms with Gasteiger partial charge in [-0.2, -0.15) is 11.8 Å². The molecule has 0 atom stereocenters. The van der Waals surface area contributed by atoms with E-state index in [0.717, 1.165) is 46.8 Å². The lowest BCUT2D eigenvalue weighted by Gasteiger charge is -2.28. The smallest absolute Gasteiger partial charge is 0.352 e. The number of benzene rings is 1. The second-order valence-electron chi connectivity index (χ2n) is 6.36. The van der Waals surface area contributed by atoms with Crippen molar-refractivity contribution in [1.82, 2.24) is 15.0 Å². The summed E-state index contributed by atoms with van der Waals surface area (Å²) in [5.74, 6) is 1.40. The summed E-state index contributed by atoms with van der Waals surface area (Å²) < 4.78 is 5.44. The molecule has 0 saturated carbocycles. The van der Waals surface area contributed by atoms with Crippen LogP contribution < -0.4 is 4.90 Å². The molecule has 8 heteroatoms. The number of carbonyl (C=O) groups is 1. The van der Waals surface area contributed by atoms with E-state index in [1.54, 1.807) is 17.8 Å². The molecule has 2 N–H and O–H groups in total. The van der Waals surface area contributed by atoms with E-state index in [1.165, 1.54) is 0 Å². The van der Waals surface area contributed by atoms with Gasteiger partial charge in [0.15, 0.2) is 5.82 Å². The highest BCUT2D eigenvalue weighted by Crippen LogP contribution is 2.26. The lowest BCUT2D eigenvalue weighted by molar-refractivity contribution is 0.0691. The number of thioether (sulfide) groups is 1. The van der Waals surface area contributed by atoms with Crippen molar-refractivity contribution in [3.8, 4) is 11.4 Å². The topological polar surface area (TPSA) is 91.3 Å². The Kier molecular flexibility index (Phi) is 5.00. The highest BCUT2D eigenvalue weighted by Gasteiger charge is 2.16. The number of aromatic nitrogens is 3.